The molecule has 2 nitrogen and oxygen atoms in total. The minimum absolute atomic E-state index is 0.347. The molecule has 19 heavy (non-hydrogen) atoms. The predicted octanol–water partition coefficient (Wildman–Crippen LogP) is 4.22. The maximum Gasteiger partial charge on any atom is 0.310 e. The Hall–Kier alpha value is -2.16. The van der Waals surface area contributed by atoms with Gasteiger partial charge in [-0.3, -0.25) is 4.79 Å². The zero-order chi connectivity index (χ0) is 14.4. The predicted molar refractivity (Wildman–Crippen MR) is 75.2 cm³/mol. The molecule has 0 saturated heterocycles. The average molecular weight is 260 g/mol. The Kier molecular flexibility index (Phi) is 5.24. The molecule has 0 amide bonds. The molecule has 0 spiro atoms. The summed E-state index contributed by atoms with van der Waals surface area (Å²) in [4.78, 5) is 10.9. The minimum atomic E-state index is -1.00. The summed E-state index contributed by atoms with van der Waals surface area (Å²) in [6, 6.07) is 9.11. The third kappa shape index (κ3) is 3.91. The van der Waals surface area contributed by atoms with Crippen LogP contribution < -0.4 is 0 Å². The summed E-state index contributed by atoms with van der Waals surface area (Å²) in [7, 11) is 0. The highest BCUT2D eigenvalue weighted by Gasteiger charge is 2.15. The van der Waals surface area contributed by atoms with Gasteiger partial charge in [0.1, 0.15) is 5.83 Å². The van der Waals surface area contributed by atoms with E-state index in [9.17, 15) is 9.18 Å². The van der Waals surface area contributed by atoms with E-state index in [-0.39, 0.29) is 0 Å². The molecule has 0 fully saturated rings. The van der Waals surface area contributed by atoms with E-state index in [1.165, 1.54) is 19.1 Å². The summed E-state index contributed by atoms with van der Waals surface area (Å²) in [5.41, 5.74) is 1.58. The molecule has 0 saturated carbocycles. The van der Waals surface area contributed by atoms with Crippen molar-refractivity contribution in [3.8, 4) is 0 Å². The number of hydrogen-bond acceptors (Lipinski definition) is 1. The topological polar surface area (TPSA) is 37.3 Å². The van der Waals surface area contributed by atoms with Gasteiger partial charge in [0.05, 0.1) is 5.92 Å². The van der Waals surface area contributed by atoms with Gasteiger partial charge in [0, 0.05) is 0 Å². The molecule has 1 rings (SSSR count). The van der Waals surface area contributed by atoms with E-state index in [0.717, 1.165) is 5.56 Å². The molecule has 1 N–H and O–H groups in total. The van der Waals surface area contributed by atoms with Crippen LogP contribution in [0.25, 0.3) is 5.57 Å². The van der Waals surface area contributed by atoms with E-state index in [4.69, 9.17) is 5.11 Å². The van der Waals surface area contributed by atoms with Crippen molar-refractivity contribution in [2.75, 3.05) is 0 Å². The second-order valence-corrected chi connectivity index (χ2v) is 4.25. The van der Waals surface area contributed by atoms with Crippen molar-refractivity contribution in [2.45, 2.75) is 13.8 Å². The number of allylic oxidation sites excluding steroid dienone is 4. The Morgan fingerprint density at radius 3 is 2.42 bits per heavy atom. The number of rotatable bonds is 5. The number of carbonyl (C=O) groups is 1. The lowest BCUT2D eigenvalue weighted by Crippen LogP contribution is -2.11. The van der Waals surface area contributed by atoms with Gasteiger partial charge in [0.2, 0.25) is 0 Å². The van der Waals surface area contributed by atoms with Gasteiger partial charge in [0.25, 0.3) is 0 Å². The molecule has 1 atom stereocenters. The third-order valence-electron chi connectivity index (χ3n) is 2.96. The first-order valence-corrected chi connectivity index (χ1v) is 5.96. The Balaban J connectivity index is 3.14. The van der Waals surface area contributed by atoms with E-state index in [1.54, 1.807) is 19.1 Å². The Morgan fingerprint density at radius 1 is 1.37 bits per heavy atom. The molecule has 0 bridgehead atoms. The van der Waals surface area contributed by atoms with E-state index in [1.807, 2.05) is 18.2 Å². The molecule has 0 aliphatic carbocycles. The van der Waals surface area contributed by atoms with Crippen molar-refractivity contribution in [3.05, 3.63) is 66.0 Å². The third-order valence-corrected chi connectivity index (χ3v) is 2.96. The average Bonchev–Trinajstić information content (AvgIpc) is 2.43. The van der Waals surface area contributed by atoms with E-state index >= 15 is 0 Å². The van der Waals surface area contributed by atoms with Crippen LogP contribution in [0.4, 0.5) is 4.39 Å². The Labute approximate surface area is 112 Å². The lowest BCUT2D eigenvalue weighted by atomic mass is 9.99. The molecule has 100 valence electrons. The first-order chi connectivity index (χ1) is 8.97. The van der Waals surface area contributed by atoms with Gasteiger partial charge in [-0.2, -0.15) is 0 Å². The number of aliphatic carboxylic acids is 1. The number of halogens is 1. The molecule has 1 unspecified atom stereocenters. The zero-order valence-electron chi connectivity index (χ0n) is 11.1. The Morgan fingerprint density at radius 2 is 1.95 bits per heavy atom. The molecule has 0 radical (unpaired) electrons. The van der Waals surface area contributed by atoms with E-state index in [0.29, 0.717) is 11.1 Å². The van der Waals surface area contributed by atoms with E-state index < -0.39 is 17.7 Å². The summed E-state index contributed by atoms with van der Waals surface area (Å²) in [6.45, 7) is 6.69. The first-order valence-electron chi connectivity index (χ1n) is 5.96. The highest BCUT2D eigenvalue weighted by Crippen LogP contribution is 2.23. The smallest absolute Gasteiger partial charge is 0.310 e. The van der Waals surface area contributed by atoms with Gasteiger partial charge >= 0.3 is 5.97 Å². The fraction of sp³-hybridized carbons (Fsp3) is 0.188. The number of carboxylic acids is 1. The molecule has 1 aromatic rings. The van der Waals surface area contributed by atoms with Gasteiger partial charge in [-0.15, -0.1) is 0 Å². The number of hydrogen-bond donors (Lipinski definition) is 1. The molecular weight excluding hydrogens is 243 g/mol. The van der Waals surface area contributed by atoms with E-state index in [2.05, 4.69) is 6.58 Å². The summed E-state index contributed by atoms with van der Waals surface area (Å²) >= 11 is 0. The monoisotopic (exact) mass is 260 g/mol. The largest absolute Gasteiger partial charge is 0.481 e. The zero-order valence-corrected chi connectivity index (χ0v) is 11.1. The van der Waals surface area contributed by atoms with Crippen molar-refractivity contribution in [2.24, 2.45) is 5.92 Å². The number of carboxylic acid groups (broad SMARTS) is 1. The summed E-state index contributed by atoms with van der Waals surface area (Å²) in [5.74, 6) is -2.24. The van der Waals surface area contributed by atoms with Gasteiger partial charge < -0.3 is 5.11 Å². The van der Waals surface area contributed by atoms with Crippen LogP contribution in [0.3, 0.4) is 0 Å². The maximum atomic E-state index is 14.1. The lowest BCUT2D eigenvalue weighted by Gasteiger charge is -2.08. The van der Waals surface area contributed by atoms with Crippen LogP contribution in [0.1, 0.15) is 19.4 Å². The number of benzene rings is 1. The van der Waals surface area contributed by atoms with Crippen LogP contribution in [0.15, 0.2) is 60.5 Å². The molecule has 0 aliphatic rings. The van der Waals surface area contributed by atoms with Crippen LogP contribution in [-0.4, -0.2) is 11.1 Å². The van der Waals surface area contributed by atoms with Crippen molar-refractivity contribution in [1.29, 1.82) is 0 Å². The molecule has 3 heteroatoms. The molecule has 0 aliphatic heterocycles. The van der Waals surface area contributed by atoms with Crippen LogP contribution in [-0.2, 0) is 4.79 Å². The summed E-state index contributed by atoms with van der Waals surface area (Å²) in [5, 5.41) is 8.92. The van der Waals surface area contributed by atoms with Gasteiger partial charge in [0.15, 0.2) is 0 Å². The standard InChI is InChI=1S/C16H17FO2/c1-4-13(12(3)16(18)19)10-15(17)11(2)14-8-6-5-7-9-14/h4-10,12H,1H2,2-3H3,(H,18,19)/b13-10+,15-11-. The van der Waals surface area contributed by atoms with Crippen molar-refractivity contribution in [1.82, 2.24) is 0 Å². The molecule has 0 aromatic heterocycles. The second-order valence-electron chi connectivity index (χ2n) is 4.25. The van der Waals surface area contributed by atoms with Crippen LogP contribution in [0.2, 0.25) is 0 Å². The van der Waals surface area contributed by atoms with Gasteiger partial charge in [-0.1, -0.05) is 43.0 Å². The van der Waals surface area contributed by atoms with Gasteiger partial charge in [-0.25, -0.2) is 4.39 Å². The Bertz CT molecular complexity index is 527. The van der Waals surface area contributed by atoms with Gasteiger partial charge in [-0.05, 0) is 36.6 Å². The summed E-state index contributed by atoms with van der Waals surface area (Å²) < 4.78 is 14.1. The molecule has 1 aromatic carbocycles. The van der Waals surface area contributed by atoms with Crippen LogP contribution in [0.5, 0.6) is 0 Å². The van der Waals surface area contributed by atoms with Crippen LogP contribution >= 0.6 is 0 Å². The van der Waals surface area contributed by atoms with Crippen molar-refractivity contribution < 1.29 is 14.3 Å². The normalized spacial score (nSPS) is 14.6. The summed E-state index contributed by atoms with van der Waals surface area (Å²) in [6.07, 6.45) is 2.60. The minimum Gasteiger partial charge on any atom is -0.481 e. The SMILES string of the molecule is C=C/C(=C\C(F)=C(/C)c1ccccc1)C(C)C(=O)O. The quantitative estimate of drug-likeness (QED) is 0.805. The fourth-order valence-corrected chi connectivity index (χ4v) is 1.58. The highest BCUT2D eigenvalue weighted by atomic mass is 19.1. The first kappa shape index (κ1) is 14.9. The molecular formula is C16H17FO2. The highest BCUT2D eigenvalue weighted by molar-refractivity contribution is 5.75. The second kappa shape index (κ2) is 6.69. The maximum absolute atomic E-state index is 14.1. The van der Waals surface area contributed by atoms with Crippen molar-refractivity contribution >= 4 is 11.5 Å². The van der Waals surface area contributed by atoms with Crippen LogP contribution in [0, 0.1) is 5.92 Å². The lowest BCUT2D eigenvalue weighted by molar-refractivity contribution is -0.139. The molecule has 0 heterocycles. The fourth-order valence-electron chi connectivity index (χ4n) is 1.58. The van der Waals surface area contributed by atoms with Crippen molar-refractivity contribution in [3.63, 3.8) is 0 Å².